The second-order valence-corrected chi connectivity index (χ2v) is 4.25. The standard InChI is InChI=1S/C13H16N2O4/c1-8-13(17)14-10-5-4-9(18-2)6-11(10)15(8)7-12(16)19-3/h4-6,8H,7H2,1-3H3,(H,14,17)/t8-/m1/s1. The molecule has 0 saturated heterocycles. The van der Waals surface area contributed by atoms with Gasteiger partial charge in [0.25, 0.3) is 0 Å². The van der Waals surface area contributed by atoms with Crippen LogP contribution in [-0.4, -0.2) is 38.7 Å². The first-order valence-corrected chi connectivity index (χ1v) is 5.89. The van der Waals surface area contributed by atoms with Crippen molar-refractivity contribution in [2.45, 2.75) is 13.0 Å². The lowest BCUT2D eigenvalue weighted by atomic mass is 10.1. The van der Waals surface area contributed by atoms with E-state index < -0.39 is 12.0 Å². The van der Waals surface area contributed by atoms with Crippen molar-refractivity contribution in [3.63, 3.8) is 0 Å². The molecule has 1 aliphatic heterocycles. The number of benzene rings is 1. The van der Waals surface area contributed by atoms with Crippen molar-refractivity contribution in [1.82, 2.24) is 0 Å². The Morgan fingerprint density at radius 3 is 2.79 bits per heavy atom. The fourth-order valence-electron chi connectivity index (χ4n) is 1.99. The van der Waals surface area contributed by atoms with Crippen LogP contribution in [0.15, 0.2) is 18.2 Å². The lowest BCUT2D eigenvalue weighted by Gasteiger charge is -2.35. The molecule has 1 amide bonds. The molecule has 0 fully saturated rings. The highest BCUT2D eigenvalue weighted by Crippen LogP contribution is 2.35. The van der Waals surface area contributed by atoms with Crippen molar-refractivity contribution in [2.24, 2.45) is 0 Å². The molecule has 19 heavy (non-hydrogen) atoms. The molecule has 1 aromatic carbocycles. The third kappa shape index (κ3) is 2.47. The molecule has 0 saturated carbocycles. The summed E-state index contributed by atoms with van der Waals surface area (Å²) in [6.45, 7) is 1.76. The molecule has 0 aliphatic carbocycles. The number of methoxy groups -OCH3 is 2. The molecular formula is C13H16N2O4. The van der Waals surface area contributed by atoms with Crippen LogP contribution in [0.3, 0.4) is 0 Å². The van der Waals surface area contributed by atoms with E-state index in [0.29, 0.717) is 11.4 Å². The van der Waals surface area contributed by atoms with E-state index in [9.17, 15) is 9.59 Å². The van der Waals surface area contributed by atoms with Gasteiger partial charge in [0.1, 0.15) is 18.3 Å². The van der Waals surface area contributed by atoms with Crippen LogP contribution in [0.25, 0.3) is 0 Å². The molecule has 6 nitrogen and oxygen atoms in total. The topological polar surface area (TPSA) is 67.9 Å². The summed E-state index contributed by atoms with van der Waals surface area (Å²) in [5.74, 6) is 0.119. The molecule has 0 spiro atoms. The van der Waals surface area contributed by atoms with Crippen molar-refractivity contribution < 1.29 is 19.1 Å². The van der Waals surface area contributed by atoms with Crippen molar-refractivity contribution in [3.8, 4) is 5.75 Å². The zero-order valence-corrected chi connectivity index (χ0v) is 11.1. The van der Waals surface area contributed by atoms with Crippen LogP contribution in [0.5, 0.6) is 5.75 Å². The predicted molar refractivity (Wildman–Crippen MR) is 70.4 cm³/mol. The number of anilines is 2. The van der Waals surface area contributed by atoms with Crippen LogP contribution in [-0.2, 0) is 14.3 Å². The SMILES string of the molecule is COC(=O)CN1c2cc(OC)ccc2NC(=O)[C@H]1C. The Balaban J connectivity index is 2.41. The summed E-state index contributed by atoms with van der Waals surface area (Å²) in [5.41, 5.74) is 1.41. The summed E-state index contributed by atoms with van der Waals surface area (Å²) in [4.78, 5) is 25.0. The minimum Gasteiger partial charge on any atom is -0.497 e. The monoisotopic (exact) mass is 264 g/mol. The van der Waals surface area contributed by atoms with Crippen molar-refractivity contribution in [3.05, 3.63) is 18.2 Å². The van der Waals surface area contributed by atoms with Gasteiger partial charge in [-0.3, -0.25) is 9.59 Å². The summed E-state index contributed by atoms with van der Waals surface area (Å²) in [6.07, 6.45) is 0. The summed E-state index contributed by atoms with van der Waals surface area (Å²) in [7, 11) is 2.89. The van der Waals surface area contributed by atoms with Crippen molar-refractivity contribution in [2.75, 3.05) is 31.0 Å². The molecule has 0 aromatic heterocycles. The number of esters is 1. The van der Waals surface area contributed by atoms with Gasteiger partial charge in [-0.1, -0.05) is 0 Å². The highest BCUT2D eigenvalue weighted by Gasteiger charge is 2.31. The fourth-order valence-corrected chi connectivity index (χ4v) is 1.99. The second-order valence-electron chi connectivity index (χ2n) is 4.25. The van der Waals surface area contributed by atoms with Gasteiger partial charge < -0.3 is 19.7 Å². The van der Waals surface area contributed by atoms with Gasteiger partial charge in [0.05, 0.1) is 25.6 Å². The molecule has 1 heterocycles. The van der Waals surface area contributed by atoms with Gasteiger partial charge in [-0.25, -0.2) is 0 Å². The molecule has 0 radical (unpaired) electrons. The third-order valence-corrected chi connectivity index (χ3v) is 3.15. The number of amides is 1. The number of rotatable bonds is 3. The summed E-state index contributed by atoms with van der Waals surface area (Å²) in [6, 6.07) is 4.85. The smallest absolute Gasteiger partial charge is 0.325 e. The highest BCUT2D eigenvalue weighted by atomic mass is 16.5. The van der Waals surface area contributed by atoms with Gasteiger partial charge in [-0.05, 0) is 19.1 Å². The number of hydrogen-bond donors (Lipinski definition) is 1. The Morgan fingerprint density at radius 2 is 2.16 bits per heavy atom. The number of nitrogens with zero attached hydrogens (tertiary/aromatic N) is 1. The molecule has 1 aromatic rings. The maximum Gasteiger partial charge on any atom is 0.325 e. The summed E-state index contributed by atoms with van der Waals surface area (Å²) < 4.78 is 9.83. The Morgan fingerprint density at radius 1 is 1.42 bits per heavy atom. The number of carbonyl (C=O) groups excluding carboxylic acids is 2. The lowest BCUT2D eigenvalue weighted by Crippen LogP contribution is -2.48. The molecule has 6 heteroatoms. The van der Waals surface area contributed by atoms with E-state index in [-0.39, 0.29) is 12.5 Å². The van der Waals surface area contributed by atoms with Crippen LogP contribution in [0.1, 0.15) is 6.92 Å². The van der Waals surface area contributed by atoms with Gasteiger partial charge >= 0.3 is 5.97 Å². The van der Waals surface area contributed by atoms with E-state index in [1.165, 1.54) is 7.11 Å². The van der Waals surface area contributed by atoms with Crippen molar-refractivity contribution >= 4 is 23.3 Å². The van der Waals surface area contributed by atoms with Gasteiger partial charge in [-0.15, -0.1) is 0 Å². The van der Waals surface area contributed by atoms with E-state index >= 15 is 0 Å². The van der Waals surface area contributed by atoms with Gasteiger partial charge in [0.2, 0.25) is 5.91 Å². The number of fused-ring (bicyclic) bond motifs is 1. The maximum atomic E-state index is 11.9. The molecule has 1 aliphatic rings. The van der Waals surface area contributed by atoms with Crippen LogP contribution in [0.4, 0.5) is 11.4 Å². The maximum absolute atomic E-state index is 11.9. The Kier molecular flexibility index (Phi) is 3.59. The molecule has 0 unspecified atom stereocenters. The molecule has 102 valence electrons. The first-order chi connectivity index (χ1) is 9.06. The first kappa shape index (κ1) is 13.2. The van der Waals surface area contributed by atoms with E-state index in [1.54, 1.807) is 37.1 Å². The number of nitrogens with one attached hydrogen (secondary N) is 1. The van der Waals surface area contributed by atoms with E-state index in [2.05, 4.69) is 10.1 Å². The Hall–Kier alpha value is -2.24. The first-order valence-electron chi connectivity index (χ1n) is 5.89. The number of hydrogen-bond acceptors (Lipinski definition) is 5. The minimum atomic E-state index is -0.446. The minimum absolute atomic E-state index is 0.0191. The van der Waals surface area contributed by atoms with E-state index in [4.69, 9.17) is 4.74 Å². The zero-order chi connectivity index (χ0) is 14.0. The normalized spacial score (nSPS) is 17.5. The zero-order valence-electron chi connectivity index (χ0n) is 11.1. The van der Waals surface area contributed by atoms with E-state index in [1.807, 2.05) is 0 Å². The number of ether oxygens (including phenoxy) is 2. The van der Waals surface area contributed by atoms with E-state index in [0.717, 1.165) is 5.69 Å². The third-order valence-electron chi connectivity index (χ3n) is 3.15. The highest BCUT2D eigenvalue weighted by molar-refractivity contribution is 6.04. The van der Waals surface area contributed by atoms with Crippen LogP contribution >= 0.6 is 0 Å². The summed E-state index contributed by atoms with van der Waals surface area (Å²) >= 11 is 0. The Bertz CT molecular complexity index is 515. The lowest BCUT2D eigenvalue weighted by molar-refractivity contribution is -0.139. The van der Waals surface area contributed by atoms with Gasteiger partial charge in [0, 0.05) is 6.07 Å². The fraction of sp³-hybridized carbons (Fsp3) is 0.385. The number of carbonyl (C=O) groups is 2. The Labute approximate surface area is 111 Å². The quantitative estimate of drug-likeness (QED) is 0.825. The van der Waals surface area contributed by atoms with Crippen LogP contribution in [0, 0.1) is 0 Å². The van der Waals surface area contributed by atoms with Crippen molar-refractivity contribution in [1.29, 1.82) is 0 Å². The summed E-state index contributed by atoms with van der Waals surface area (Å²) in [5, 5.41) is 2.79. The van der Waals surface area contributed by atoms with Crippen LogP contribution < -0.4 is 15.0 Å². The average molecular weight is 264 g/mol. The van der Waals surface area contributed by atoms with Gasteiger partial charge in [-0.2, -0.15) is 0 Å². The van der Waals surface area contributed by atoms with Gasteiger partial charge in [0.15, 0.2) is 0 Å². The molecular weight excluding hydrogens is 248 g/mol. The second kappa shape index (κ2) is 5.17. The molecule has 1 N–H and O–H groups in total. The molecule has 1 atom stereocenters. The average Bonchev–Trinajstić information content (AvgIpc) is 2.43. The van der Waals surface area contributed by atoms with Crippen LogP contribution in [0.2, 0.25) is 0 Å². The molecule has 2 rings (SSSR count). The largest absolute Gasteiger partial charge is 0.497 e. The molecule has 0 bridgehead atoms. The predicted octanol–water partition coefficient (Wildman–Crippen LogP) is 1.02.